The van der Waals surface area contributed by atoms with Gasteiger partial charge in [0.1, 0.15) is 6.04 Å². The van der Waals surface area contributed by atoms with E-state index >= 15 is 0 Å². The van der Waals surface area contributed by atoms with Gasteiger partial charge < -0.3 is 15.4 Å². The highest BCUT2D eigenvalue weighted by Crippen LogP contribution is 2.13. The fourth-order valence-electron chi connectivity index (χ4n) is 2.45. The Hall–Kier alpha value is -2.86. The predicted octanol–water partition coefficient (Wildman–Crippen LogP) is 3.26. The molecule has 0 aliphatic heterocycles. The van der Waals surface area contributed by atoms with Crippen LogP contribution in [0.3, 0.4) is 0 Å². The Kier molecular flexibility index (Phi) is 6.96. The summed E-state index contributed by atoms with van der Waals surface area (Å²) in [5, 5.41) is 5.70. The van der Waals surface area contributed by atoms with Crippen LogP contribution in [0.1, 0.15) is 28.4 Å². The van der Waals surface area contributed by atoms with Crippen molar-refractivity contribution >= 4 is 35.1 Å². The molecule has 0 saturated carbocycles. The maximum atomic E-state index is 12.1. The molecule has 0 aliphatic rings. The van der Waals surface area contributed by atoms with Gasteiger partial charge in [-0.25, -0.2) is 4.79 Å². The minimum atomic E-state index is -0.901. The standard InChI is InChI=1S/C20H21ClN2O4/c1-12-8-13(2)10-17(9-12)23-18(24)11-27-20(26)14(3)22-19(25)15-4-6-16(21)7-5-15/h4-10,14H,11H2,1-3H3,(H,22,25)(H,23,24)/t14-/m0/s1. The normalized spacial score (nSPS) is 11.4. The van der Waals surface area contributed by atoms with Gasteiger partial charge in [0.05, 0.1) is 0 Å². The van der Waals surface area contributed by atoms with Crippen molar-refractivity contribution in [2.75, 3.05) is 11.9 Å². The van der Waals surface area contributed by atoms with E-state index in [0.717, 1.165) is 11.1 Å². The van der Waals surface area contributed by atoms with E-state index in [9.17, 15) is 14.4 Å². The van der Waals surface area contributed by atoms with Crippen LogP contribution in [0.15, 0.2) is 42.5 Å². The molecule has 0 saturated heterocycles. The van der Waals surface area contributed by atoms with E-state index in [4.69, 9.17) is 16.3 Å². The van der Waals surface area contributed by atoms with E-state index in [2.05, 4.69) is 10.6 Å². The third kappa shape index (κ3) is 6.42. The summed E-state index contributed by atoms with van der Waals surface area (Å²) in [6, 6.07) is 11.0. The van der Waals surface area contributed by atoms with Gasteiger partial charge in [-0.1, -0.05) is 17.7 Å². The third-order valence-electron chi connectivity index (χ3n) is 3.66. The number of benzene rings is 2. The number of aryl methyl sites for hydroxylation is 2. The van der Waals surface area contributed by atoms with Gasteiger partial charge in [0.15, 0.2) is 6.61 Å². The zero-order chi connectivity index (χ0) is 20.0. The van der Waals surface area contributed by atoms with E-state index in [-0.39, 0.29) is 0 Å². The van der Waals surface area contributed by atoms with Crippen LogP contribution in [0, 0.1) is 13.8 Å². The fourth-order valence-corrected chi connectivity index (χ4v) is 2.57. The summed E-state index contributed by atoms with van der Waals surface area (Å²) in [4.78, 5) is 36.0. The van der Waals surface area contributed by atoms with Gasteiger partial charge in [-0.05, 0) is 68.3 Å². The first-order valence-corrected chi connectivity index (χ1v) is 8.73. The van der Waals surface area contributed by atoms with Crippen molar-refractivity contribution in [3.8, 4) is 0 Å². The minimum absolute atomic E-state index is 0.367. The van der Waals surface area contributed by atoms with Crippen LogP contribution in [-0.2, 0) is 14.3 Å². The van der Waals surface area contributed by atoms with Crippen LogP contribution in [0.25, 0.3) is 0 Å². The first kappa shape index (κ1) is 20.5. The van der Waals surface area contributed by atoms with Gasteiger partial charge in [-0.2, -0.15) is 0 Å². The minimum Gasteiger partial charge on any atom is -0.454 e. The number of halogens is 1. The number of carbonyl (C=O) groups excluding carboxylic acids is 3. The monoisotopic (exact) mass is 388 g/mol. The molecule has 1 atom stereocenters. The molecule has 0 fully saturated rings. The van der Waals surface area contributed by atoms with Crippen LogP contribution in [0.5, 0.6) is 0 Å². The molecule has 0 spiro atoms. The Morgan fingerprint density at radius 1 is 1.04 bits per heavy atom. The van der Waals surface area contributed by atoms with Gasteiger partial charge in [-0.3, -0.25) is 9.59 Å². The van der Waals surface area contributed by atoms with E-state index < -0.39 is 30.4 Å². The lowest BCUT2D eigenvalue weighted by Crippen LogP contribution is -2.40. The maximum absolute atomic E-state index is 12.1. The van der Waals surface area contributed by atoms with Crippen molar-refractivity contribution in [2.45, 2.75) is 26.8 Å². The molecule has 142 valence electrons. The highest BCUT2D eigenvalue weighted by Gasteiger charge is 2.19. The van der Waals surface area contributed by atoms with Gasteiger partial charge >= 0.3 is 5.97 Å². The molecule has 0 aromatic heterocycles. The largest absolute Gasteiger partial charge is 0.454 e. The van der Waals surface area contributed by atoms with Gasteiger partial charge in [0.2, 0.25) is 0 Å². The second-order valence-electron chi connectivity index (χ2n) is 6.23. The quantitative estimate of drug-likeness (QED) is 0.744. The lowest BCUT2D eigenvalue weighted by atomic mass is 10.1. The number of anilines is 1. The molecule has 7 heteroatoms. The van der Waals surface area contributed by atoms with Gasteiger partial charge in [-0.15, -0.1) is 0 Å². The number of amides is 2. The summed E-state index contributed by atoms with van der Waals surface area (Å²) in [6.45, 7) is 4.90. The molecular formula is C20H21ClN2O4. The second-order valence-corrected chi connectivity index (χ2v) is 6.67. The summed E-state index contributed by atoms with van der Waals surface area (Å²) in [6.07, 6.45) is 0. The van der Waals surface area contributed by atoms with Crippen molar-refractivity contribution in [1.82, 2.24) is 5.32 Å². The highest BCUT2D eigenvalue weighted by atomic mass is 35.5. The van der Waals surface area contributed by atoms with E-state index in [0.29, 0.717) is 16.3 Å². The molecule has 0 unspecified atom stereocenters. The molecule has 6 nitrogen and oxygen atoms in total. The third-order valence-corrected chi connectivity index (χ3v) is 3.91. The second kappa shape index (κ2) is 9.19. The van der Waals surface area contributed by atoms with Crippen molar-refractivity contribution in [3.05, 3.63) is 64.2 Å². The number of hydrogen-bond donors (Lipinski definition) is 2. The molecule has 27 heavy (non-hydrogen) atoms. The zero-order valence-electron chi connectivity index (χ0n) is 15.3. The molecular weight excluding hydrogens is 368 g/mol. The maximum Gasteiger partial charge on any atom is 0.328 e. The summed E-state index contributed by atoms with van der Waals surface area (Å²) < 4.78 is 4.97. The molecule has 0 heterocycles. The Morgan fingerprint density at radius 2 is 1.63 bits per heavy atom. The lowest BCUT2D eigenvalue weighted by Gasteiger charge is -2.14. The van der Waals surface area contributed by atoms with Crippen molar-refractivity contribution in [3.63, 3.8) is 0 Å². The topological polar surface area (TPSA) is 84.5 Å². The molecule has 2 aromatic rings. The SMILES string of the molecule is Cc1cc(C)cc(NC(=O)COC(=O)[C@H](C)NC(=O)c2ccc(Cl)cc2)c1. The van der Waals surface area contributed by atoms with Crippen molar-refractivity contribution < 1.29 is 19.1 Å². The van der Waals surface area contributed by atoms with Crippen molar-refractivity contribution in [1.29, 1.82) is 0 Å². The molecule has 2 aromatic carbocycles. The van der Waals surface area contributed by atoms with Gasteiger partial charge in [0, 0.05) is 16.3 Å². The first-order chi connectivity index (χ1) is 12.7. The Labute approximate surface area is 162 Å². The summed E-state index contributed by atoms with van der Waals surface area (Å²) >= 11 is 5.77. The number of hydrogen-bond acceptors (Lipinski definition) is 4. The summed E-state index contributed by atoms with van der Waals surface area (Å²) in [5.41, 5.74) is 3.03. The number of ether oxygens (including phenoxy) is 1. The first-order valence-electron chi connectivity index (χ1n) is 8.36. The molecule has 0 aliphatic carbocycles. The van der Waals surface area contributed by atoms with Crippen LogP contribution in [-0.4, -0.2) is 30.4 Å². The molecule has 0 radical (unpaired) electrons. The molecule has 2 rings (SSSR count). The number of rotatable bonds is 6. The molecule has 0 bridgehead atoms. The fraction of sp³-hybridized carbons (Fsp3) is 0.250. The predicted molar refractivity (Wildman–Crippen MR) is 104 cm³/mol. The number of esters is 1. The van der Waals surface area contributed by atoms with Gasteiger partial charge in [0.25, 0.3) is 11.8 Å². The molecule has 2 N–H and O–H groups in total. The number of carbonyl (C=O) groups is 3. The Balaban J connectivity index is 1.82. The highest BCUT2D eigenvalue weighted by molar-refractivity contribution is 6.30. The van der Waals surface area contributed by atoms with Crippen LogP contribution in [0.2, 0.25) is 5.02 Å². The van der Waals surface area contributed by atoms with Crippen molar-refractivity contribution in [2.24, 2.45) is 0 Å². The van der Waals surface area contributed by atoms with Crippen LogP contribution in [0.4, 0.5) is 5.69 Å². The van der Waals surface area contributed by atoms with Crippen LogP contribution < -0.4 is 10.6 Å². The summed E-state index contributed by atoms with van der Waals surface area (Å²) in [5.74, 6) is -1.59. The van der Waals surface area contributed by atoms with E-state index in [1.165, 1.54) is 6.92 Å². The smallest absolute Gasteiger partial charge is 0.328 e. The average Bonchev–Trinajstić information content (AvgIpc) is 2.59. The lowest BCUT2D eigenvalue weighted by molar-refractivity contribution is -0.148. The zero-order valence-corrected chi connectivity index (χ0v) is 16.1. The van der Waals surface area contributed by atoms with E-state index in [1.807, 2.05) is 32.0 Å². The average molecular weight is 389 g/mol. The summed E-state index contributed by atoms with van der Waals surface area (Å²) in [7, 11) is 0. The van der Waals surface area contributed by atoms with E-state index in [1.54, 1.807) is 24.3 Å². The number of nitrogens with one attached hydrogen (secondary N) is 2. The molecule has 2 amide bonds. The van der Waals surface area contributed by atoms with Crippen LogP contribution >= 0.6 is 11.6 Å². The Morgan fingerprint density at radius 3 is 2.22 bits per heavy atom. The Bertz CT molecular complexity index is 829.